The molecule has 0 amide bonds. The van der Waals surface area contributed by atoms with E-state index in [1.165, 1.54) is 5.57 Å². The third-order valence-corrected chi connectivity index (χ3v) is 9.18. The summed E-state index contributed by atoms with van der Waals surface area (Å²) >= 11 is 0. The normalized spacial score (nSPS) is 44.3. The summed E-state index contributed by atoms with van der Waals surface area (Å²) in [5.74, 6) is -0.432. The molecular formula is C28H36O5. The standard InChI is InChI=1S/C28H36O5/c1-18-10-13-23-26(2,21(18)12-11-20-22(29)16-31-25(20)30)15-14-24-27(23,3)17-32-28(4,33-24)19-8-6-5-7-9-19/h5-9,11,21-24,29H,1,10,12-17H2,2-4H3/b20-11+/t21-,22?,23?,24?,26+,27-,28-/m0/s1. The number of rotatable bonds is 3. The van der Waals surface area contributed by atoms with Crippen LogP contribution in [0.2, 0.25) is 0 Å². The number of hydrogen-bond acceptors (Lipinski definition) is 5. The van der Waals surface area contributed by atoms with E-state index in [0.717, 1.165) is 31.2 Å². The molecule has 1 aromatic carbocycles. The average Bonchev–Trinajstić information content (AvgIpc) is 3.12. The lowest BCUT2D eigenvalue weighted by Gasteiger charge is -2.63. The molecule has 2 aliphatic carbocycles. The van der Waals surface area contributed by atoms with Crippen LogP contribution in [-0.2, 0) is 24.8 Å². The maximum atomic E-state index is 12.0. The first kappa shape index (κ1) is 22.8. The van der Waals surface area contributed by atoms with E-state index in [4.69, 9.17) is 14.2 Å². The van der Waals surface area contributed by atoms with Crippen LogP contribution in [0.5, 0.6) is 0 Å². The molecule has 5 nitrogen and oxygen atoms in total. The Labute approximate surface area is 196 Å². The summed E-state index contributed by atoms with van der Waals surface area (Å²) in [7, 11) is 0. The SMILES string of the molecule is C=C1CCC2[C@]3(C)CO[C@](C)(c4ccccc4)OC3CC[C@]2(C)[C@H]1C/C=C1/C(=O)OCC1O. The maximum Gasteiger partial charge on any atom is 0.336 e. The Morgan fingerprint density at radius 1 is 1.15 bits per heavy atom. The number of aliphatic hydroxyl groups is 1. The molecule has 178 valence electrons. The molecule has 2 aliphatic heterocycles. The Kier molecular flexibility index (Phi) is 5.58. The van der Waals surface area contributed by atoms with Gasteiger partial charge < -0.3 is 19.3 Å². The van der Waals surface area contributed by atoms with Crippen molar-refractivity contribution < 1.29 is 24.1 Å². The number of fused-ring (bicyclic) bond motifs is 3. The third-order valence-electron chi connectivity index (χ3n) is 9.18. The Balaban J connectivity index is 1.40. The number of carbonyl (C=O) groups excluding carboxylic acids is 1. The van der Waals surface area contributed by atoms with Gasteiger partial charge in [0.1, 0.15) is 12.7 Å². The van der Waals surface area contributed by atoms with Crippen molar-refractivity contribution in [2.75, 3.05) is 13.2 Å². The van der Waals surface area contributed by atoms with E-state index in [2.05, 4.69) is 32.6 Å². The zero-order valence-corrected chi connectivity index (χ0v) is 20.0. The van der Waals surface area contributed by atoms with Gasteiger partial charge in [0.05, 0.1) is 18.3 Å². The molecule has 4 fully saturated rings. The minimum absolute atomic E-state index is 0.0400. The highest BCUT2D eigenvalue weighted by Gasteiger charge is 2.61. The fraction of sp³-hybridized carbons (Fsp3) is 0.607. The maximum absolute atomic E-state index is 12.0. The summed E-state index contributed by atoms with van der Waals surface area (Å²) in [6, 6.07) is 10.2. The quantitative estimate of drug-likeness (QED) is 0.402. The summed E-state index contributed by atoms with van der Waals surface area (Å²) in [5, 5.41) is 10.1. The Hall–Kier alpha value is -1.95. The van der Waals surface area contributed by atoms with Crippen LogP contribution in [0.1, 0.15) is 58.4 Å². The first-order chi connectivity index (χ1) is 15.7. The van der Waals surface area contributed by atoms with Crippen LogP contribution in [0.3, 0.4) is 0 Å². The lowest BCUT2D eigenvalue weighted by Crippen LogP contribution is -2.62. The second kappa shape index (κ2) is 8.07. The van der Waals surface area contributed by atoms with E-state index < -0.39 is 17.9 Å². The van der Waals surface area contributed by atoms with Gasteiger partial charge in [0.2, 0.25) is 0 Å². The Morgan fingerprint density at radius 3 is 2.61 bits per heavy atom. The number of aliphatic hydroxyl groups excluding tert-OH is 1. The number of esters is 1. The van der Waals surface area contributed by atoms with Gasteiger partial charge in [0.15, 0.2) is 5.79 Å². The predicted molar refractivity (Wildman–Crippen MR) is 125 cm³/mol. The first-order valence-electron chi connectivity index (χ1n) is 12.3. The Bertz CT molecular complexity index is 970. The van der Waals surface area contributed by atoms with Gasteiger partial charge in [-0.05, 0) is 56.3 Å². The highest BCUT2D eigenvalue weighted by Crippen LogP contribution is 2.64. The molecule has 7 atom stereocenters. The Morgan fingerprint density at radius 2 is 1.91 bits per heavy atom. The summed E-state index contributed by atoms with van der Waals surface area (Å²) in [5.41, 5.74) is 2.66. The van der Waals surface area contributed by atoms with E-state index in [1.54, 1.807) is 0 Å². The minimum Gasteiger partial charge on any atom is -0.459 e. The van der Waals surface area contributed by atoms with Gasteiger partial charge in [-0.3, -0.25) is 0 Å². The van der Waals surface area contributed by atoms with E-state index in [9.17, 15) is 9.90 Å². The summed E-state index contributed by atoms with van der Waals surface area (Å²) in [4.78, 5) is 12.0. The van der Waals surface area contributed by atoms with E-state index in [1.807, 2.05) is 31.2 Å². The molecule has 4 aliphatic rings. The monoisotopic (exact) mass is 452 g/mol. The molecule has 0 bridgehead atoms. The zero-order chi connectivity index (χ0) is 23.4. The number of ether oxygens (including phenoxy) is 3. The van der Waals surface area contributed by atoms with Crippen molar-refractivity contribution in [1.82, 2.24) is 0 Å². The van der Waals surface area contributed by atoms with Crippen LogP contribution < -0.4 is 0 Å². The second-order valence-corrected chi connectivity index (χ2v) is 11.1. The summed E-state index contributed by atoms with van der Waals surface area (Å²) in [6.07, 6.45) is 5.99. The average molecular weight is 453 g/mol. The van der Waals surface area contributed by atoms with Crippen molar-refractivity contribution in [3.63, 3.8) is 0 Å². The highest BCUT2D eigenvalue weighted by atomic mass is 16.7. The van der Waals surface area contributed by atoms with E-state index >= 15 is 0 Å². The molecule has 3 unspecified atom stereocenters. The molecule has 5 rings (SSSR count). The molecule has 1 aromatic rings. The third kappa shape index (κ3) is 3.60. The van der Waals surface area contributed by atoms with Crippen LogP contribution >= 0.6 is 0 Å². The molecule has 2 saturated carbocycles. The van der Waals surface area contributed by atoms with Gasteiger partial charge in [-0.15, -0.1) is 0 Å². The van der Waals surface area contributed by atoms with Gasteiger partial charge in [-0.25, -0.2) is 4.79 Å². The number of carbonyl (C=O) groups is 1. The lowest BCUT2D eigenvalue weighted by atomic mass is 9.46. The largest absolute Gasteiger partial charge is 0.459 e. The molecule has 1 N–H and O–H groups in total. The van der Waals surface area contributed by atoms with Crippen molar-refractivity contribution in [1.29, 1.82) is 0 Å². The van der Waals surface area contributed by atoms with Crippen molar-refractivity contribution >= 4 is 5.97 Å². The summed E-state index contributed by atoms with van der Waals surface area (Å²) in [6.45, 7) is 11.9. The lowest BCUT2D eigenvalue weighted by molar-refractivity contribution is -0.359. The number of cyclic esters (lactones) is 1. The van der Waals surface area contributed by atoms with E-state index in [-0.39, 0.29) is 29.5 Å². The second-order valence-electron chi connectivity index (χ2n) is 11.1. The van der Waals surface area contributed by atoms with Gasteiger partial charge in [-0.2, -0.15) is 0 Å². The van der Waals surface area contributed by atoms with Crippen molar-refractivity contribution in [2.45, 2.75) is 70.9 Å². The molecule has 0 spiro atoms. The van der Waals surface area contributed by atoms with Crippen molar-refractivity contribution in [3.8, 4) is 0 Å². The predicted octanol–water partition coefficient (Wildman–Crippen LogP) is 4.90. The molecule has 0 aromatic heterocycles. The highest BCUT2D eigenvalue weighted by molar-refractivity contribution is 5.91. The van der Waals surface area contributed by atoms with Crippen LogP contribution in [0.25, 0.3) is 0 Å². The van der Waals surface area contributed by atoms with Crippen LogP contribution in [0.15, 0.2) is 54.1 Å². The van der Waals surface area contributed by atoms with Crippen LogP contribution in [-0.4, -0.2) is 36.5 Å². The van der Waals surface area contributed by atoms with Gasteiger partial charge in [0, 0.05) is 11.0 Å². The molecule has 2 saturated heterocycles. The fourth-order valence-corrected chi connectivity index (χ4v) is 7.21. The van der Waals surface area contributed by atoms with Crippen LogP contribution in [0, 0.1) is 22.7 Å². The minimum atomic E-state index is -0.818. The number of hydrogen-bond donors (Lipinski definition) is 1. The summed E-state index contributed by atoms with van der Waals surface area (Å²) < 4.78 is 18.2. The number of benzene rings is 1. The van der Waals surface area contributed by atoms with Gasteiger partial charge >= 0.3 is 5.97 Å². The van der Waals surface area contributed by atoms with Crippen LogP contribution in [0.4, 0.5) is 0 Å². The van der Waals surface area contributed by atoms with Crippen molar-refractivity contribution in [3.05, 3.63) is 59.7 Å². The topological polar surface area (TPSA) is 65.0 Å². The zero-order valence-electron chi connectivity index (χ0n) is 20.0. The van der Waals surface area contributed by atoms with Gasteiger partial charge in [0.25, 0.3) is 0 Å². The molecule has 5 heteroatoms. The van der Waals surface area contributed by atoms with Crippen molar-refractivity contribution in [2.24, 2.45) is 22.7 Å². The molecular weight excluding hydrogens is 416 g/mol. The molecule has 0 radical (unpaired) electrons. The molecule has 2 heterocycles. The fourth-order valence-electron chi connectivity index (χ4n) is 7.21. The van der Waals surface area contributed by atoms with E-state index in [0.29, 0.717) is 24.5 Å². The first-order valence-corrected chi connectivity index (χ1v) is 12.3. The van der Waals surface area contributed by atoms with Gasteiger partial charge in [-0.1, -0.05) is 62.4 Å². The molecule has 33 heavy (non-hydrogen) atoms. The smallest absolute Gasteiger partial charge is 0.336 e. The number of allylic oxidation sites excluding steroid dienone is 2.